The standard InChI is InChI=1S/C22H31BN2O4.C16H19BrN2O2.C9H5Br2N/c1-21(2)22(3,4)29-23(28-21)18-16-20(24-19-9-6-5-8-17(18)19)27-13-7-10-25-11-14-26-15-12-25;17-14-12-16(18-15-5-2-1-4-13(14)15)21-9-3-6-19-7-10-20-11-8-19;10-7-5-9(11)12-8-4-2-1-3-6(7)8/h5-6,8-9,16H,7,10-15H2,1-4H3;1-2,4-5,12H,3,6-11H2;1-5H. The minimum atomic E-state index is -0.441. The molecule has 6 heterocycles. The first kappa shape index (κ1) is 46.7. The molecule has 0 aliphatic carbocycles. The minimum absolute atomic E-state index is 0.388. The lowest BCUT2D eigenvalue weighted by Gasteiger charge is -2.32. The third-order valence-corrected chi connectivity index (χ3v) is 13.2. The van der Waals surface area contributed by atoms with Crippen molar-refractivity contribution in [3.05, 3.63) is 105 Å². The highest BCUT2D eigenvalue weighted by molar-refractivity contribution is 9.11. The molecule has 0 radical (unpaired) electrons. The summed E-state index contributed by atoms with van der Waals surface area (Å²) in [6.07, 6.45) is 1.96. The van der Waals surface area contributed by atoms with E-state index in [1.807, 2.05) is 78.9 Å². The van der Waals surface area contributed by atoms with E-state index in [1.165, 1.54) is 0 Å². The first-order chi connectivity index (χ1) is 30.0. The maximum atomic E-state index is 6.29. The predicted molar refractivity (Wildman–Crippen MR) is 259 cm³/mol. The van der Waals surface area contributed by atoms with Gasteiger partial charge in [-0.05, 0) is 118 Å². The molecule has 3 aromatic heterocycles. The SMILES string of the molecule is Brc1cc(Br)c2ccccc2n1.Brc1cc(OCCCN2CCOCC2)nc2ccccc12.CC1(C)OB(c2cc(OCCCN3CCOCC3)nc3ccccc23)OC1(C)C. The van der Waals surface area contributed by atoms with Gasteiger partial charge in [0.1, 0.15) is 4.60 Å². The smallest absolute Gasteiger partial charge is 0.478 e. The quantitative estimate of drug-likeness (QED) is 0.0705. The second-order valence-corrected chi connectivity index (χ2v) is 18.9. The zero-order chi connectivity index (χ0) is 43.5. The van der Waals surface area contributed by atoms with Crippen LogP contribution in [0.2, 0.25) is 0 Å². The first-order valence-corrected chi connectivity index (χ1v) is 23.7. The number of hydrogen-bond donors (Lipinski definition) is 0. The Morgan fingerprint density at radius 3 is 1.50 bits per heavy atom. The molecule has 3 aromatic carbocycles. The number of benzene rings is 3. The van der Waals surface area contributed by atoms with Crippen molar-refractivity contribution in [2.24, 2.45) is 0 Å². The van der Waals surface area contributed by atoms with Crippen molar-refractivity contribution in [3.63, 3.8) is 0 Å². The van der Waals surface area contributed by atoms with Gasteiger partial charge in [0.25, 0.3) is 0 Å². The zero-order valence-electron chi connectivity index (χ0n) is 36.0. The highest BCUT2D eigenvalue weighted by atomic mass is 79.9. The van der Waals surface area contributed by atoms with Crippen LogP contribution in [0.5, 0.6) is 11.8 Å². The molecule has 11 nitrogen and oxygen atoms in total. The summed E-state index contributed by atoms with van der Waals surface area (Å²) in [6, 6.07) is 30.0. The fourth-order valence-electron chi connectivity index (χ4n) is 7.28. The molecule has 0 N–H and O–H groups in total. The summed E-state index contributed by atoms with van der Waals surface area (Å²) in [4.78, 5) is 18.4. The Labute approximate surface area is 390 Å². The van der Waals surface area contributed by atoms with Crippen LogP contribution in [-0.4, -0.2) is 122 Å². The van der Waals surface area contributed by atoms with Gasteiger partial charge in [0.2, 0.25) is 11.8 Å². The van der Waals surface area contributed by atoms with E-state index in [-0.39, 0.29) is 11.2 Å². The van der Waals surface area contributed by atoms with Gasteiger partial charge < -0.3 is 28.3 Å². The minimum Gasteiger partial charge on any atom is -0.478 e. The van der Waals surface area contributed by atoms with E-state index in [4.69, 9.17) is 33.2 Å². The number of rotatable bonds is 11. The largest absolute Gasteiger partial charge is 0.495 e. The van der Waals surface area contributed by atoms with Gasteiger partial charge in [-0.15, -0.1) is 0 Å². The molecule has 6 aromatic rings. The van der Waals surface area contributed by atoms with E-state index in [2.05, 4.69) is 107 Å². The Morgan fingerprint density at radius 1 is 0.565 bits per heavy atom. The molecule has 3 aliphatic heterocycles. The highest BCUT2D eigenvalue weighted by Gasteiger charge is 2.52. The summed E-state index contributed by atoms with van der Waals surface area (Å²) >= 11 is 10.4. The van der Waals surface area contributed by atoms with E-state index < -0.39 is 7.12 Å². The molecule has 0 atom stereocenters. The zero-order valence-corrected chi connectivity index (χ0v) is 40.7. The van der Waals surface area contributed by atoms with E-state index in [0.29, 0.717) is 25.0 Å². The molecule has 328 valence electrons. The fraction of sp³-hybridized carbons (Fsp3) is 0.426. The molecular formula is C47H55BBr3N5O6. The Hall–Kier alpha value is -3.25. The molecule has 62 heavy (non-hydrogen) atoms. The van der Waals surface area contributed by atoms with Crippen molar-refractivity contribution in [2.45, 2.75) is 51.7 Å². The Bertz CT molecular complexity index is 2380. The maximum absolute atomic E-state index is 6.29. The normalized spacial score (nSPS) is 17.6. The van der Waals surface area contributed by atoms with Crippen LogP contribution in [0, 0.1) is 0 Å². The average molecular weight is 1040 g/mol. The highest BCUT2D eigenvalue weighted by Crippen LogP contribution is 2.37. The van der Waals surface area contributed by atoms with Crippen molar-refractivity contribution in [1.82, 2.24) is 24.8 Å². The molecule has 3 aliphatic rings. The number of para-hydroxylation sites is 3. The topological polar surface area (TPSA) is 101 Å². The van der Waals surface area contributed by atoms with Crippen LogP contribution in [0.15, 0.2) is 105 Å². The number of ether oxygens (including phenoxy) is 4. The van der Waals surface area contributed by atoms with Crippen LogP contribution in [-0.2, 0) is 18.8 Å². The summed E-state index contributed by atoms with van der Waals surface area (Å²) in [7, 11) is -0.441. The van der Waals surface area contributed by atoms with E-state index in [0.717, 1.165) is 130 Å². The van der Waals surface area contributed by atoms with Gasteiger partial charge in [0.05, 0.1) is 67.4 Å². The second-order valence-electron chi connectivity index (χ2n) is 16.4. The Balaban J connectivity index is 0.000000152. The maximum Gasteiger partial charge on any atom is 0.495 e. The molecule has 15 heteroatoms. The predicted octanol–water partition coefficient (Wildman–Crippen LogP) is 9.49. The number of aromatic nitrogens is 3. The molecule has 0 spiro atoms. The molecule has 9 rings (SSSR count). The van der Waals surface area contributed by atoms with Crippen LogP contribution < -0.4 is 14.9 Å². The van der Waals surface area contributed by atoms with Crippen molar-refractivity contribution in [1.29, 1.82) is 0 Å². The van der Waals surface area contributed by atoms with Crippen molar-refractivity contribution >= 4 is 93.1 Å². The van der Waals surface area contributed by atoms with E-state index >= 15 is 0 Å². The van der Waals surface area contributed by atoms with Crippen molar-refractivity contribution in [3.8, 4) is 11.8 Å². The summed E-state index contributed by atoms with van der Waals surface area (Å²) < 4.78 is 38.1. The van der Waals surface area contributed by atoms with Crippen LogP contribution in [0.4, 0.5) is 0 Å². The first-order valence-electron chi connectivity index (χ1n) is 21.3. The van der Waals surface area contributed by atoms with Crippen LogP contribution in [0.25, 0.3) is 32.7 Å². The monoisotopic (exact) mass is 1030 g/mol. The lowest BCUT2D eigenvalue weighted by Crippen LogP contribution is -2.41. The van der Waals surface area contributed by atoms with Gasteiger partial charge in [0, 0.05) is 76.5 Å². The van der Waals surface area contributed by atoms with Gasteiger partial charge in [-0.25, -0.2) is 15.0 Å². The molecular weight excluding hydrogens is 981 g/mol. The summed E-state index contributed by atoms with van der Waals surface area (Å²) in [5.41, 5.74) is 3.04. The number of fused-ring (bicyclic) bond motifs is 3. The Kier molecular flexibility index (Phi) is 16.7. The Morgan fingerprint density at radius 2 is 0.984 bits per heavy atom. The number of hydrogen-bond acceptors (Lipinski definition) is 11. The van der Waals surface area contributed by atoms with Crippen molar-refractivity contribution < 1.29 is 28.3 Å². The average Bonchev–Trinajstić information content (AvgIpc) is 3.50. The van der Waals surface area contributed by atoms with Gasteiger partial charge in [0.15, 0.2) is 0 Å². The van der Waals surface area contributed by atoms with Crippen molar-refractivity contribution in [2.75, 3.05) is 78.9 Å². The molecule has 0 amide bonds. The van der Waals surface area contributed by atoms with Crippen LogP contribution in [0.3, 0.4) is 0 Å². The van der Waals surface area contributed by atoms with Crippen LogP contribution >= 0.6 is 47.8 Å². The molecule has 0 bridgehead atoms. The second kappa shape index (κ2) is 22.1. The lowest BCUT2D eigenvalue weighted by molar-refractivity contribution is 0.00578. The number of morpholine rings is 2. The molecule has 0 unspecified atom stereocenters. The number of nitrogens with zero attached hydrogens (tertiary/aromatic N) is 5. The van der Waals surface area contributed by atoms with Gasteiger partial charge in [-0.3, -0.25) is 9.80 Å². The van der Waals surface area contributed by atoms with E-state index in [9.17, 15) is 0 Å². The number of halogens is 3. The molecule has 3 fully saturated rings. The third-order valence-electron chi connectivity index (χ3n) is 11.5. The van der Waals surface area contributed by atoms with Gasteiger partial charge in [-0.1, -0.05) is 54.6 Å². The fourth-order valence-corrected chi connectivity index (χ4v) is 9.09. The summed E-state index contributed by atoms with van der Waals surface area (Å²) in [5, 5.41) is 3.28. The van der Waals surface area contributed by atoms with E-state index in [1.54, 1.807) is 0 Å². The number of pyridine rings is 3. The summed E-state index contributed by atoms with van der Waals surface area (Å²) in [6.45, 7) is 19.1. The molecule has 0 saturated carbocycles. The van der Waals surface area contributed by atoms with Gasteiger partial charge in [-0.2, -0.15) is 0 Å². The van der Waals surface area contributed by atoms with Crippen LogP contribution in [0.1, 0.15) is 40.5 Å². The third kappa shape index (κ3) is 12.5. The molecule has 3 saturated heterocycles. The summed E-state index contributed by atoms with van der Waals surface area (Å²) in [5.74, 6) is 1.30. The lowest BCUT2D eigenvalue weighted by atomic mass is 9.77. The van der Waals surface area contributed by atoms with Gasteiger partial charge >= 0.3 is 7.12 Å².